The first-order chi connectivity index (χ1) is 16.3. The lowest BCUT2D eigenvalue weighted by Crippen LogP contribution is -2.51. The minimum Gasteiger partial charge on any atom is -0.466 e. The van der Waals surface area contributed by atoms with E-state index in [2.05, 4.69) is 5.32 Å². The zero-order valence-corrected chi connectivity index (χ0v) is 20.0. The third-order valence-electron chi connectivity index (χ3n) is 8.13. The Labute approximate surface area is 199 Å². The molecule has 0 unspecified atom stereocenters. The first-order valence-electron chi connectivity index (χ1n) is 12.0. The molecule has 4 bridgehead atoms. The molecular weight excluding hydrogens is 436 g/mol. The van der Waals surface area contributed by atoms with Crippen LogP contribution in [-0.4, -0.2) is 45.4 Å². The Morgan fingerprint density at radius 1 is 1.00 bits per heavy atom. The number of ether oxygens (including phenoxy) is 3. The van der Waals surface area contributed by atoms with Crippen LogP contribution in [0.1, 0.15) is 44.1 Å². The Morgan fingerprint density at radius 2 is 1.62 bits per heavy atom. The molecule has 1 aromatic carbocycles. The average Bonchev–Trinajstić information content (AvgIpc) is 2.83. The van der Waals surface area contributed by atoms with Crippen LogP contribution < -0.4 is 10.2 Å². The van der Waals surface area contributed by atoms with Crippen molar-refractivity contribution in [3.05, 3.63) is 35.0 Å². The van der Waals surface area contributed by atoms with Crippen LogP contribution in [0.25, 0.3) is 0 Å². The number of aryl methyl sites for hydroxylation is 1. The van der Waals surface area contributed by atoms with Gasteiger partial charge in [-0.05, 0) is 80.9 Å². The number of carbonyl (C=O) groups is 3. The first-order valence-corrected chi connectivity index (χ1v) is 12.0. The van der Waals surface area contributed by atoms with Gasteiger partial charge in [-0.15, -0.1) is 0 Å². The van der Waals surface area contributed by atoms with E-state index in [0.717, 1.165) is 24.8 Å². The molecule has 0 atom stereocenters. The molecule has 4 saturated carbocycles. The van der Waals surface area contributed by atoms with E-state index in [1.54, 1.807) is 4.90 Å². The molecule has 1 N–H and O–H groups in total. The minimum absolute atomic E-state index is 0.0465. The minimum atomic E-state index is -0.650. The van der Waals surface area contributed by atoms with Crippen molar-refractivity contribution in [2.24, 2.45) is 23.2 Å². The van der Waals surface area contributed by atoms with Gasteiger partial charge < -0.3 is 24.4 Å². The molecule has 1 aliphatic heterocycles. The molecule has 0 radical (unpaired) electrons. The van der Waals surface area contributed by atoms with E-state index < -0.39 is 11.9 Å². The van der Waals surface area contributed by atoms with Crippen molar-refractivity contribution >= 4 is 29.2 Å². The summed E-state index contributed by atoms with van der Waals surface area (Å²) < 4.78 is 15.4. The van der Waals surface area contributed by atoms with Crippen LogP contribution in [-0.2, 0) is 28.6 Å². The van der Waals surface area contributed by atoms with Gasteiger partial charge in [0.25, 0.3) is 0 Å². The first kappa shape index (κ1) is 22.9. The van der Waals surface area contributed by atoms with Gasteiger partial charge in [0.1, 0.15) is 12.4 Å². The van der Waals surface area contributed by atoms with E-state index >= 15 is 0 Å². The second kappa shape index (κ2) is 8.73. The van der Waals surface area contributed by atoms with Gasteiger partial charge in [0.05, 0.1) is 31.8 Å². The van der Waals surface area contributed by atoms with Crippen molar-refractivity contribution in [1.82, 2.24) is 0 Å². The predicted molar refractivity (Wildman–Crippen MR) is 125 cm³/mol. The molecule has 8 heteroatoms. The molecular formula is C26H32N2O6. The maximum Gasteiger partial charge on any atom is 0.355 e. The topological polar surface area (TPSA) is 94.2 Å². The number of hydrogen-bond acceptors (Lipinski definition) is 7. The number of nitrogens with one attached hydrogen (secondary N) is 1. The highest BCUT2D eigenvalue weighted by Gasteiger charge is 2.54. The van der Waals surface area contributed by atoms with Crippen molar-refractivity contribution in [2.75, 3.05) is 37.8 Å². The number of hydrogen-bond donors (Lipinski definition) is 1. The third kappa shape index (κ3) is 3.87. The standard InChI is InChI=1S/C26H32N2O6/c1-15-4-5-19(28-14-34-13-20(23(29)32-2)22(28)24(30)33-3)9-21(15)27-25(31)26-10-16-6-17(11-26)8-18(7-16)12-26/h4-5,9,16-18H,6-8,10-14H2,1-3H3,(H,27,31). The predicted octanol–water partition coefficient (Wildman–Crippen LogP) is 3.54. The lowest BCUT2D eigenvalue weighted by atomic mass is 9.49. The monoisotopic (exact) mass is 468 g/mol. The number of rotatable bonds is 5. The third-order valence-corrected chi connectivity index (χ3v) is 8.13. The van der Waals surface area contributed by atoms with Crippen LogP contribution in [0, 0.1) is 30.1 Å². The maximum absolute atomic E-state index is 13.6. The molecule has 0 saturated heterocycles. The Bertz CT molecular complexity index is 1030. The molecule has 1 amide bonds. The summed E-state index contributed by atoms with van der Waals surface area (Å²) in [6.07, 6.45) is 6.80. The second-order valence-electron chi connectivity index (χ2n) is 10.4. The summed E-state index contributed by atoms with van der Waals surface area (Å²) >= 11 is 0. The van der Waals surface area contributed by atoms with Crippen molar-refractivity contribution in [3.63, 3.8) is 0 Å². The van der Waals surface area contributed by atoms with Crippen LogP contribution in [0.15, 0.2) is 29.5 Å². The van der Waals surface area contributed by atoms with Crippen molar-refractivity contribution < 1.29 is 28.6 Å². The number of nitrogens with zero attached hydrogens (tertiary/aromatic N) is 1. The number of amides is 1. The normalized spacial score (nSPS) is 29.7. The molecule has 182 valence electrons. The Morgan fingerprint density at radius 3 is 2.21 bits per heavy atom. The lowest BCUT2D eigenvalue weighted by Gasteiger charge is -2.55. The number of anilines is 2. The van der Waals surface area contributed by atoms with Crippen molar-refractivity contribution in [3.8, 4) is 0 Å². The fourth-order valence-corrected chi connectivity index (χ4v) is 6.90. The molecule has 34 heavy (non-hydrogen) atoms. The number of benzene rings is 1. The zero-order chi connectivity index (χ0) is 24.0. The van der Waals surface area contributed by atoms with Crippen molar-refractivity contribution in [2.45, 2.75) is 45.4 Å². The molecule has 0 aromatic heterocycles. The molecule has 8 nitrogen and oxygen atoms in total. The Kier molecular flexibility index (Phi) is 5.88. The highest BCUT2D eigenvalue weighted by molar-refractivity contribution is 6.03. The molecule has 6 rings (SSSR count). The van der Waals surface area contributed by atoms with Gasteiger partial charge >= 0.3 is 11.9 Å². The SMILES string of the molecule is COC(=O)C1=C(C(=O)OC)N(c2ccc(C)c(NC(=O)C34CC5CC(CC(C5)C3)C4)c2)COC1. The van der Waals surface area contributed by atoms with E-state index in [9.17, 15) is 14.4 Å². The number of carbonyl (C=O) groups excluding carboxylic acids is 3. The molecule has 5 aliphatic rings. The van der Waals surface area contributed by atoms with E-state index in [1.165, 1.54) is 33.5 Å². The maximum atomic E-state index is 13.6. The smallest absolute Gasteiger partial charge is 0.355 e. The van der Waals surface area contributed by atoms with E-state index in [0.29, 0.717) is 29.1 Å². The fourth-order valence-electron chi connectivity index (χ4n) is 6.90. The quantitative estimate of drug-likeness (QED) is 0.661. The fraction of sp³-hybridized carbons (Fsp3) is 0.577. The molecule has 1 heterocycles. The van der Waals surface area contributed by atoms with E-state index in [-0.39, 0.29) is 35.9 Å². The second-order valence-corrected chi connectivity index (χ2v) is 10.4. The summed E-state index contributed by atoms with van der Waals surface area (Å²) in [5.74, 6) is 0.856. The van der Waals surface area contributed by atoms with Gasteiger partial charge in [-0.1, -0.05) is 6.07 Å². The van der Waals surface area contributed by atoms with Crippen LogP contribution in [0.4, 0.5) is 11.4 Å². The lowest BCUT2D eigenvalue weighted by molar-refractivity contribution is -0.140. The average molecular weight is 469 g/mol. The zero-order valence-electron chi connectivity index (χ0n) is 20.0. The molecule has 4 fully saturated rings. The van der Waals surface area contributed by atoms with Crippen LogP contribution in [0.2, 0.25) is 0 Å². The van der Waals surface area contributed by atoms with Gasteiger partial charge in [0.15, 0.2) is 0 Å². The summed E-state index contributed by atoms with van der Waals surface area (Å²) in [4.78, 5) is 40.1. The number of methoxy groups -OCH3 is 2. The van der Waals surface area contributed by atoms with Gasteiger partial charge in [-0.25, -0.2) is 9.59 Å². The number of esters is 2. The highest BCUT2D eigenvalue weighted by Crippen LogP contribution is 2.60. The van der Waals surface area contributed by atoms with Gasteiger partial charge in [-0.2, -0.15) is 0 Å². The van der Waals surface area contributed by atoms with Crippen molar-refractivity contribution in [1.29, 1.82) is 0 Å². The van der Waals surface area contributed by atoms with Crippen LogP contribution in [0.5, 0.6) is 0 Å². The van der Waals surface area contributed by atoms with Crippen LogP contribution in [0.3, 0.4) is 0 Å². The van der Waals surface area contributed by atoms with E-state index in [4.69, 9.17) is 14.2 Å². The van der Waals surface area contributed by atoms with Gasteiger partial charge in [-0.3, -0.25) is 4.79 Å². The highest BCUT2D eigenvalue weighted by atomic mass is 16.5. The van der Waals surface area contributed by atoms with Crippen LogP contribution >= 0.6 is 0 Å². The van der Waals surface area contributed by atoms with Gasteiger partial charge in [0, 0.05) is 11.4 Å². The summed E-state index contributed by atoms with van der Waals surface area (Å²) in [6.45, 7) is 1.97. The summed E-state index contributed by atoms with van der Waals surface area (Å²) in [7, 11) is 2.53. The molecule has 0 spiro atoms. The summed E-state index contributed by atoms with van der Waals surface area (Å²) in [6, 6.07) is 5.56. The largest absolute Gasteiger partial charge is 0.466 e. The summed E-state index contributed by atoms with van der Waals surface area (Å²) in [5, 5.41) is 3.22. The Hall–Kier alpha value is -2.87. The molecule has 4 aliphatic carbocycles. The van der Waals surface area contributed by atoms with E-state index in [1.807, 2.05) is 25.1 Å². The van der Waals surface area contributed by atoms with Gasteiger partial charge in [0.2, 0.25) is 5.91 Å². The Balaban J connectivity index is 1.44. The summed E-state index contributed by atoms with van der Waals surface area (Å²) in [5.41, 5.74) is 2.17. The molecule has 1 aromatic rings.